The number of nitrogens with zero attached hydrogens (tertiary/aromatic N) is 4. The highest BCUT2D eigenvalue weighted by Gasteiger charge is 2.27. The van der Waals surface area contributed by atoms with Gasteiger partial charge >= 0.3 is 0 Å². The van der Waals surface area contributed by atoms with Gasteiger partial charge in [-0.05, 0) is 32.0 Å². The van der Waals surface area contributed by atoms with Crippen LogP contribution < -0.4 is 5.32 Å². The van der Waals surface area contributed by atoms with Crippen LogP contribution in [0.3, 0.4) is 0 Å². The summed E-state index contributed by atoms with van der Waals surface area (Å²) in [6.45, 7) is 4.43. The van der Waals surface area contributed by atoms with Crippen molar-refractivity contribution in [1.82, 2.24) is 20.3 Å². The molecule has 0 fully saturated rings. The van der Waals surface area contributed by atoms with Crippen molar-refractivity contribution in [2.24, 2.45) is 5.11 Å². The lowest BCUT2D eigenvalue weighted by Crippen LogP contribution is -2.41. The van der Waals surface area contributed by atoms with Crippen molar-refractivity contribution in [2.45, 2.75) is 25.9 Å². The molecule has 1 aromatic carbocycles. The molecule has 0 aliphatic carbocycles. The van der Waals surface area contributed by atoms with E-state index in [0.29, 0.717) is 34.4 Å². The summed E-state index contributed by atoms with van der Waals surface area (Å²) in [6, 6.07) is 4.66. The fourth-order valence-corrected chi connectivity index (χ4v) is 2.48. The molecule has 122 valence electrons. The monoisotopic (exact) mass is 354 g/mol. The van der Waals surface area contributed by atoms with Gasteiger partial charge in [-0.3, -0.25) is 9.48 Å². The zero-order chi connectivity index (χ0) is 17.0. The predicted molar refractivity (Wildman–Crippen MR) is 87.0 cm³/mol. The van der Waals surface area contributed by atoms with Crippen LogP contribution in [-0.4, -0.2) is 27.4 Å². The molecule has 1 heterocycles. The first kappa shape index (κ1) is 17.4. The molecule has 2 rings (SSSR count). The van der Waals surface area contributed by atoms with Gasteiger partial charge in [0.1, 0.15) is 5.69 Å². The zero-order valence-electron chi connectivity index (χ0n) is 12.7. The summed E-state index contributed by atoms with van der Waals surface area (Å²) in [5.41, 5.74) is 7.03. The van der Waals surface area contributed by atoms with Crippen molar-refractivity contribution in [3.05, 3.63) is 45.7 Å². The van der Waals surface area contributed by atoms with Crippen LogP contribution in [0.4, 0.5) is 0 Å². The number of hydrogen-bond donors (Lipinski definition) is 2. The first-order valence-electron chi connectivity index (χ1n) is 6.84. The van der Waals surface area contributed by atoms with E-state index in [2.05, 4.69) is 20.7 Å². The molecule has 0 aliphatic rings. The van der Waals surface area contributed by atoms with Crippen molar-refractivity contribution in [3.8, 4) is 0 Å². The number of hydrogen-bond acceptors (Lipinski definition) is 5. The summed E-state index contributed by atoms with van der Waals surface area (Å²) in [5.74, 6) is -0.310. The lowest BCUT2D eigenvalue weighted by molar-refractivity contribution is 0.0910. The molecule has 0 spiro atoms. The topological polar surface area (TPSA) is 96.0 Å². The number of halogens is 2. The summed E-state index contributed by atoms with van der Waals surface area (Å²) < 4.78 is 1.58. The van der Waals surface area contributed by atoms with Crippen LogP contribution in [0, 0.1) is 5.53 Å². The molecule has 7 nitrogen and oxygen atoms in total. The fraction of sp³-hybridized carbons (Fsp3) is 0.357. The third-order valence-electron chi connectivity index (χ3n) is 3.17. The van der Waals surface area contributed by atoms with Crippen LogP contribution >= 0.6 is 23.2 Å². The first-order valence-corrected chi connectivity index (χ1v) is 7.60. The van der Waals surface area contributed by atoms with Gasteiger partial charge < -0.3 is 5.32 Å². The molecule has 0 atom stereocenters. The Morgan fingerprint density at radius 2 is 2.00 bits per heavy atom. The van der Waals surface area contributed by atoms with Gasteiger partial charge in [0, 0.05) is 15.6 Å². The molecule has 0 saturated heterocycles. The van der Waals surface area contributed by atoms with Crippen LogP contribution in [0.2, 0.25) is 10.0 Å². The Morgan fingerprint density at radius 1 is 1.35 bits per heavy atom. The van der Waals surface area contributed by atoms with Crippen LogP contribution in [0.25, 0.3) is 0 Å². The number of amides is 1. The Labute approximate surface area is 143 Å². The maximum Gasteiger partial charge on any atom is 0.252 e. The second-order valence-corrected chi connectivity index (χ2v) is 6.36. The summed E-state index contributed by atoms with van der Waals surface area (Å²) in [5, 5.41) is 15.0. The van der Waals surface area contributed by atoms with Gasteiger partial charge in [0.05, 0.1) is 24.8 Å². The van der Waals surface area contributed by atoms with Crippen LogP contribution in [0.15, 0.2) is 29.5 Å². The quantitative estimate of drug-likeness (QED) is 0.779. The molecule has 1 aromatic heterocycles. The Bertz CT molecular complexity index is 708. The molecule has 2 aromatic rings. The molecule has 1 amide bonds. The average molecular weight is 355 g/mol. The molecule has 0 unspecified atom stereocenters. The molecule has 2 N–H and O–H groups in total. The summed E-state index contributed by atoms with van der Waals surface area (Å²) >= 11 is 11.8. The maximum absolute atomic E-state index is 12.4. The van der Waals surface area contributed by atoms with E-state index in [1.54, 1.807) is 29.1 Å². The van der Waals surface area contributed by atoms with E-state index < -0.39 is 5.54 Å². The van der Waals surface area contributed by atoms with E-state index in [1.807, 2.05) is 13.8 Å². The first-order chi connectivity index (χ1) is 10.8. The van der Waals surface area contributed by atoms with E-state index in [4.69, 9.17) is 28.7 Å². The standard InChI is InChI=1S/C14H16Cl2N6O/c1-14(2,12-8-22(21-20-12)4-3-18-17)19-13(23)9-5-10(15)7-11(16)6-9/h5-8,17H,3-4H2,1-2H3,(H,19,23). The van der Waals surface area contributed by atoms with E-state index in [0.717, 1.165) is 0 Å². The molecule has 23 heavy (non-hydrogen) atoms. The maximum atomic E-state index is 12.4. The SMILES string of the molecule is CC(C)(NC(=O)c1cc(Cl)cc(Cl)c1)c1cn(CCN=N)nn1. The van der Waals surface area contributed by atoms with Crippen molar-refractivity contribution in [3.63, 3.8) is 0 Å². The van der Waals surface area contributed by atoms with Gasteiger partial charge in [-0.25, -0.2) is 5.53 Å². The van der Waals surface area contributed by atoms with Crippen molar-refractivity contribution < 1.29 is 4.79 Å². The smallest absolute Gasteiger partial charge is 0.252 e. The molecule has 0 aliphatic heterocycles. The molecule has 9 heteroatoms. The summed E-state index contributed by atoms with van der Waals surface area (Å²) in [4.78, 5) is 12.4. The Morgan fingerprint density at radius 3 is 2.61 bits per heavy atom. The minimum absolute atomic E-state index is 0.310. The summed E-state index contributed by atoms with van der Waals surface area (Å²) in [6.07, 6.45) is 1.72. The Hall–Kier alpha value is -1.99. The molecular formula is C14H16Cl2N6O. The molecule has 0 radical (unpaired) electrons. The largest absolute Gasteiger partial charge is 0.341 e. The van der Waals surface area contributed by atoms with Crippen molar-refractivity contribution in [1.29, 1.82) is 5.53 Å². The van der Waals surface area contributed by atoms with Gasteiger partial charge in [0.25, 0.3) is 5.91 Å². The van der Waals surface area contributed by atoms with E-state index in [9.17, 15) is 4.79 Å². The van der Waals surface area contributed by atoms with E-state index >= 15 is 0 Å². The molecule has 0 bridgehead atoms. The highest BCUT2D eigenvalue weighted by molar-refractivity contribution is 6.35. The number of aromatic nitrogens is 3. The number of benzene rings is 1. The highest BCUT2D eigenvalue weighted by atomic mass is 35.5. The predicted octanol–water partition coefficient (Wildman–Crippen LogP) is 3.28. The number of rotatable bonds is 6. The van der Waals surface area contributed by atoms with Gasteiger partial charge in [0.2, 0.25) is 0 Å². The van der Waals surface area contributed by atoms with E-state index in [-0.39, 0.29) is 5.91 Å². The average Bonchev–Trinajstić information content (AvgIpc) is 2.93. The van der Waals surface area contributed by atoms with Crippen molar-refractivity contribution in [2.75, 3.05) is 6.54 Å². The minimum atomic E-state index is -0.734. The lowest BCUT2D eigenvalue weighted by atomic mass is 10.0. The van der Waals surface area contributed by atoms with Crippen LogP contribution in [0.1, 0.15) is 29.9 Å². The van der Waals surface area contributed by atoms with Crippen LogP contribution in [-0.2, 0) is 12.1 Å². The fourth-order valence-electron chi connectivity index (χ4n) is 1.95. The minimum Gasteiger partial charge on any atom is -0.341 e. The zero-order valence-corrected chi connectivity index (χ0v) is 14.2. The molecule has 0 saturated carbocycles. The Balaban J connectivity index is 2.14. The van der Waals surface area contributed by atoms with Gasteiger partial charge in [-0.2, -0.15) is 5.11 Å². The second-order valence-electron chi connectivity index (χ2n) is 5.49. The van der Waals surface area contributed by atoms with E-state index in [1.165, 1.54) is 0 Å². The number of carbonyl (C=O) groups is 1. The lowest BCUT2D eigenvalue weighted by Gasteiger charge is -2.23. The second kappa shape index (κ2) is 7.06. The third kappa shape index (κ3) is 4.49. The van der Waals surface area contributed by atoms with Crippen LogP contribution in [0.5, 0.6) is 0 Å². The third-order valence-corrected chi connectivity index (χ3v) is 3.61. The molecular weight excluding hydrogens is 339 g/mol. The normalized spacial score (nSPS) is 11.3. The van der Waals surface area contributed by atoms with Gasteiger partial charge in [-0.1, -0.05) is 28.4 Å². The number of nitrogens with one attached hydrogen (secondary N) is 2. The highest BCUT2D eigenvalue weighted by Crippen LogP contribution is 2.22. The van der Waals surface area contributed by atoms with Gasteiger partial charge in [-0.15, -0.1) is 5.10 Å². The van der Waals surface area contributed by atoms with Crippen molar-refractivity contribution >= 4 is 29.1 Å². The Kier molecular flexibility index (Phi) is 5.33. The summed E-state index contributed by atoms with van der Waals surface area (Å²) in [7, 11) is 0. The number of carbonyl (C=O) groups excluding carboxylic acids is 1. The van der Waals surface area contributed by atoms with Gasteiger partial charge in [0.15, 0.2) is 0 Å².